The van der Waals surface area contributed by atoms with E-state index in [1.165, 1.54) is 6.21 Å². The summed E-state index contributed by atoms with van der Waals surface area (Å²) < 4.78 is 24.0. The first-order chi connectivity index (χ1) is 9.47. The summed E-state index contributed by atoms with van der Waals surface area (Å²) in [7, 11) is -3.61. The third-order valence-corrected chi connectivity index (χ3v) is 4.00. The molecule has 0 fully saturated rings. The summed E-state index contributed by atoms with van der Waals surface area (Å²) in [6.07, 6.45) is 1.48. The van der Waals surface area contributed by atoms with Crippen LogP contribution in [0, 0.1) is 13.8 Å². The van der Waals surface area contributed by atoms with Crippen molar-refractivity contribution >= 4 is 16.2 Å². The normalized spacial score (nSPS) is 11.7. The largest absolute Gasteiger partial charge is 0.276 e. The van der Waals surface area contributed by atoms with Crippen LogP contribution in [0.4, 0.5) is 0 Å². The fourth-order valence-corrected chi connectivity index (χ4v) is 2.48. The van der Waals surface area contributed by atoms with E-state index in [2.05, 4.69) is 9.93 Å². The molecule has 0 aliphatic heterocycles. The van der Waals surface area contributed by atoms with Crippen molar-refractivity contribution in [3.8, 4) is 0 Å². The number of benzene rings is 2. The minimum Gasteiger partial charge on any atom is -0.200 e. The molecule has 0 heterocycles. The van der Waals surface area contributed by atoms with Gasteiger partial charge >= 0.3 is 0 Å². The van der Waals surface area contributed by atoms with Crippen LogP contribution in [-0.2, 0) is 10.0 Å². The Morgan fingerprint density at radius 2 is 1.70 bits per heavy atom. The predicted octanol–water partition coefficient (Wildman–Crippen LogP) is 2.62. The Morgan fingerprint density at radius 1 is 1.00 bits per heavy atom. The van der Waals surface area contributed by atoms with Gasteiger partial charge in [0, 0.05) is 0 Å². The van der Waals surface area contributed by atoms with Crippen LogP contribution in [0.25, 0.3) is 0 Å². The lowest BCUT2D eigenvalue weighted by atomic mass is 10.2. The number of nitrogens with zero attached hydrogens (tertiary/aromatic N) is 1. The van der Waals surface area contributed by atoms with Crippen molar-refractivity contribution in [3.05, 3.63) is 65.2 Å². The average Bonchev–Trinajstić information content (AvgIpc) is 2.39. The molecule has 0 bridgehead atoms. The standard InChI is InChI=1S/C15H16N2O2S/c1-12-6-8-15(9-7-12)20(18,19)17-16-11-14-5-3-4-13(2)10-14/h3-11,17H,1-2H3. The van der Waals surface area contributed by atoms with Gasteiger partial charge in [0.2, 0.25) is 0 Å². The molecule has 2 aromatic rings. The first-order valence-corrected chi connectivity index (χ1v) is 7.64. The van der Waals surface area contributed by atoms with E-state index in [9.17, 15) is 8.42 Å². The molecule has 0 saturated carbocycles. The predicted molar refractivity (Wildman–Crippen MR) is 80.3 cm³/mol. The Labute approximate surface area is 119 Å². The van der Waals surface area contributed by atoms with Crippen molar-refractivity contribution in [1.29, 1.82) is 0 Å². The lowest BCUT2D eigenvalue weighted by Gasteiger charge is -2.03. The second kappa shape index (κ2) is 5.88. The van der Waals surface area contributed by atoms with E-state index < -0.39 is 10.0 Å². The average molecular weight is 288 g/mol. The highest BCUT2D eigenvalue weighted by Crippen LogP contribution is 2.09. The fraction of sp³-hybridized carbons (Fsp3) is 0.133. The van der Waals surface area contributed by atoms with Gasteiger partial charge in [-0.1, -0.05) is 47.5 Å². The van der Waals surface area contributed by atoms with E-state index in [-0.39, 0.29) is 4.90 Å². The molecule has 4 nitrogen and oxygen atoms in total. The molecule has 5 heteroatoms. The van der Waals surface area contributed by atoms with Gasteiger partial charge in [-0.05, 0) is 31.5 Å². The van der Waals surface area contributed by atoms with Gasteiger partial charge in [-0.2, -0.15) is 13.5 Å². The van der Waals surface area contributed by atoms with E-state index in [0.29, 0.717) is 0 Å². The second-order valence-electron chi connectivity index (χ2n) is 4.58. The van der Waals surface area contributed by atoms with E-state index in [0.717, 1.165) is 16.7 Å². The number of hydrazone groups is 1. The quantitative estimate of drug-likeness (QED) is 0.694. The van der Waals surface area contributed by atoms with Crippen LogP contribution >= 0.6 is 0 Å². The SMILES string of the molecule is Cc1ccc(S(=O)(=O)NN=Cc2cccc(C)c2)cc1. The summed E-state index contributed by atoms with van der Waals surface area (Å²) in [5.41, 5.74) is 2.94. The number of sulfonamides is 1. The van der Waals surface area contributed by atoms with Gasteiger partial charge in [-0.3, -0.25) is 0 Å². The number of hydrogen-bond donors (Lipinski definition) is 1. The lowest BCUT2D eigenvalue weighted by molar-refractivity contribution is 0.584. The Bertz CT molecular complexity index is 720. The molecule has 0 spiro atoms. The summed E-state index contributed by atoms with van der Waals surface area (Å²) in [6, 6.07) is 14.2. The number of aryl methyl sites for hydroxylation is 2. The van der Waals surface area contributed by atoms with Gasteiger partial charge in [-0.15, -0.1) is 0 Å². The molecule has 104 valence electrons. The summed E-state index contributed by atoms with van der Waals surface area (Å²) in [5, 5.41) is 3.79. The van der Waals surface area contributed by atoms with Gasteiger partial charge < -0.3 is 0 Å². The topological polar surface area (TPSA) is 58.5 Å². The van der Waals surface area contributed by atoms with Crippen molar-refractivity contribution in [2.45, 2.75) is 18.7 Å². The van der Waals surface area contributed by atoms with E-state index >= 15 is 0 Å². The molecule has 0 amide bonds. The Morgan fingerprint density at radius 3 is 2.35 bits per heavy atom. The highest BCUT2D eigenvalue weighted by atomic mass is 32.2. The maximum Gasteiger partial charge on any atom is 0.276 e. The first kappa shape index (κ1) is 14.3. The van der Waals surface area contributed by atoms with Crippen molar-refractivity contribution in [2.24, 2.45) is 5.10 Å². The van der Waals surface area contributed by atoms with Crippen LogP contribution in [0.3, 0.4) is 0 Å². The molecule has 0 radical (unpaired) electrons. The summed E-state index contributed by atoms with van der Waals surface area (Å²) in [4.78, 5) is 2.40. The summed E-state index contributed by atoms with van der Waals surface area (Å²) >= 11 is 0. The van der Waals surface area contributed by atoms with Gasteiger partial charge in [0.05, 0.1) is 11.1 Å². The lowest BCUT2D eigenvalue weighted by Crippen LogP contribution is -2.18. The van der Waals surface area contributed by atoms with Gasteiger partial charge in [0.15, 0.2) is 0 Å². The zero-order valence-electron chi connectivity index (χ0n) is 11.4. The molecule has 2 rings (SSSR count). The van der Waals surface area contributed by atoms with Crippen LogP contribution in [0.1, 0.15) is 16.7 Å². The highest BCUT2D eigenvalue weighted by Gasteiger charge is 2.11. The van der Waals surface area contributed by atoms with Crippen molar-refractivity contribution < 1.29 is 8.42 Å². The van der Waals surface area contributed by atoms with E-state index in [4.69, 9.17) is 0 Å². The zero-order chi connectivity index (χ0) is 14.6. The van der Waals surface area contributed by atoms with E-state index in [1.807, 2.05) is 38.1 Å². The van der Waals surface area contributed by atoms with E-state index in [1.54, 1.807) is 24.3 Å². The molecular formula is C15H16N2O2S. The molecule has 0 aliphatic rings. The minimum absolute atomic E-state index is 0.199. The highest BCUT2D eigenvalue weighted by molar-refractivity contribution is 7.89. The van der Waals surface area contributed by atoms with Crippen LogP contribution in [0.15, 0.2) is 58.5 Å². The molecule has 0 aliphatic carbocycles. The number of nitrogens with one attached hydrogen (secondary N) is 1. The maximum absolute atomic E-state index is 12.0. The van der Waals surface area contributed by atoms with Gasteiger partial charge in [0.25, 0.3) is 10.0 Å². The third-order valence-electron chi connectivity index (χ3n) is 2.76. The molecular weight excluding hydrogens is 272 g/mol. The molecule has 1 N–H and O–H groups in total. The Hall–Kier alpha value is -2.14. The molecule has 0 aromatic heterocycles. The van der Waals surface area contributed by atoms with Crippen LogP contribution in [0.2, 0.25) is 0 Å². The Kier molecular flexibility index (Phi) is 4.20. The van der Waals surface area contributed by atoms with Crippen molar-refractivity contribution in [1.82, 2.24) is 4.83 Å². The summed E-state index contributed by atoms with van der Waals surface area (Å²) in [5.74, 6) is 0. The van der Waals surface area contributed by atoms with Crippen LogP contribution < -0.4 is 4.83 Å². The maximum atomic E-state index is 12.0. The van der Waals surface area contributed by atoms with Crippen LogP contribution in [-0.4, -0.2) is 14.6 Å². The summed E-state index contributed by atoms with van der Waals surface area (Å²) in [6.45, 7) is 3.87. The molecule has 0 atom stereocenters. The monoisotopic (exact) mass is 288 g/mol. The molecule has 20 heavy (non-hydrogen) atoms. The van der Waals surface area contributed by atoms with Gasteiger partial charge in [0.1, 0.15) is 0 Å². The smallest absolute Gasteiger partial charge is 0.200 e. The Balaban J connectivity index is 2.11. The second-order valence-corrected chi connectivity index (χ2v) is 6.24. The molecule has 0 unspecified atom stereocenters. The van der Waals surface area contributed by atoms with Crippen molar-refractivity contribution in [3.63, 3.8) is 0 Å². The third kappa shape index (κ3) is 3.68. The number of hydrogen-bond acceptors (Lipinski definition) is 3. The van der Waals surface area contributed by atoms with Gasteiger partial charge in [-0.25, -0.2) is 4.83 Å². The minimum atomic E-state index is -3.61. The van der Waals surface area contributed by atoms with Crippen LogP contribution in [0.5, 0.6) is 0 Å². The zero-order valence-corrected chi connectivity index (χ0v) is 12.2. The first-order valence-electron chi connectivity index (χ1n) is 6.15. The molecule has 2 aromatic carbocycles. The molecule has 0 saturated heterocycles. The van der Waals surface area contributed by atoms with Crippen molar-refractivity contribution in [2.75, 3.05) is 0 Å². The fourth-order valence-electron chi connectivity index (χ4n) is 1.69. The number of rotatable bonds is 4.